The van der Waals surface area contributed by atoms with Crippen LogP contribution in [-0.2, 0) is 16.1 Å². The van der Waals surface area contributed by atoms with Gasteiger partial charge in [-0.15, -0.1) is 5.10 Å². The SMILES string of the molecule is COCCNC(=O)CSc1nnnn1CCO. The highest BCUT2D eigenvalue weighted by atomic mass is 32.2. The monoisotopic (exact) mass is 261 g/mol. The first-order chi connectivity index (χ1) is 8.27. The number of carbonyl (C=O) groups excluding carboxylic acids is 1. The Hall–Kier alpha value is -1.19. The van der Waals surface area contributed by atoms with Crippen LogP contribution in [0.5, 0.6) is 0 Å². The Kier molecular flexibility index (Phi) is 6.51. The van der Waals surface area contributed by atoms with Crippen LogP contribution in [0.2, 0.25) is 0 Å². The molecule has 1 rings (SSSR count). The number of thioether (sulfide) groups is 1. The third-order valence-corrected chi connectivity index (χ3v) is 2.73. The highest BCUT2D eigenvalue weighted by molar-refractivity contribution is 7.99. The van der Waals surface area contributed by atoms with Gasteiger partial charge in [-0.05, 0) is 10.4 Å². The average Bonchev–Trinajstić information content (AvgIpc) is 2.75. The predicted molar refractivity (Wildman–Crippen MR) is 60.5 cm³/mol. The van der Waals surface area contributed by atoms with E-state index in [2.05, 4.69) is 20.8 Å². The number of methoxy groups -OCH3 is 1. The predicted octanol–water partition coefficient (Wildman–Crippen LogP) is -1.48. The molecule has 17 heavy (non-hydrogen) atoms. The van der Waals surface area contributed by atoms with Gasteiger partial charge in [0, 0.05) is 13.7 Å². The fourth-order valence-corrected chi connectivity index (χ4v) is 1.74. The number of nitrogens with one attached hydrogen (secondary N) is 1. The van der Waals surface area contributed by atoms with Crippen molar-refractivity contribution in [2.24, 2.45) is 0 Å². The van der Waals surface area contributed by atoms with Crippen LogP contribution in [0.4, 0.5) is 0 Å². The van der Waals surface area contributed by atoms with Gasteiger partial charge in [0.05, 0.1) is 25.5 Å². The molecular formula is C8H15N5O3S. The second-order valence-corrected chi connectivity index (χ2v) is 3.98. The van der Waals surface area contributed by atoms with Crippen LogP contribution < -0.4 is 5.32 Å². The number of rotatable bonds is 8. The van der Waals surface area contributed by atoms with Crippen molar-refractivity contribution in [3.63, 3.8) is 0 Å². The lowest BCUT2D eigenvalue weighted by Gasteiger charge is -2.04. The van der Waals surface area contributed by atoms with E-state index in [-0.39, 0.29) is 18.3 Å². The van der Waals surface area contributed by atoms with Crippen molar-refractivity contribution in [2.45, 2.75) is 11.7 Å². The van der Waals surface area contributed by atoms with Crippen molar-refractivity contribution in [2.75, 3.05) is 32.6 Å². The Labute approximate surface area is 103 Å². The van der Waals surface area contributed by atoms with Crippen LogP contribution in [-0.4, -0.2) is 63.8 Å². The molecule has 0 aliphatic rings. The Bertz CT molecular complexity index is 346. The Morgan fingerprint density at radius 3 is 3.18 bits per heavy atom. The van der Waals surface area contributed by atoms with E-state index in [9.17, 15) is 4.79 Å². The van der Waals surface area contributed by atoms with Gasteiger partial charge in [0.15, 0.2) is 0 Å². The fraction of sp³-hybridized carbons (Fsp3) is 0.750. The van der Waals surface area contributed by atoms with Crippen LogP contribution in [0, 0.1) is 0 Å². The zero-order chi connectivity index (χ0) is 12.5. The second kappa shape index (κ2) is 7.98. The second-order valence-electron chi connectivity index (χ2n) is 3.04. The Balaban J connectivity index is 2.29. The number of tetrazole rings is 1. The van der Waals surface area contributed by atoms with E-state index < -0.39 is 0 Å². The van der Waals surface area contributed by atoms with Gasteiger partial charge in [-0.25, -0.2) is 4.68 Å². The molecule has 0 spiro atoms. The quantitative estimate of drug-likeness (QED) is 0.434. The fourth-order valence-electron chi connectivity index (χ4n) is 1.01. The molecule has 0 bridgehead atoms. The van der Waals surface area contributed by atoms with Gasteiger partial charge >= 0.3 is 0 Å². The molecule has 1 heterocycles. The van der Waals surface area contributed by atoms with Crippen LogP contribution in [0.3, 0.4) is 0 Å². The third kappa shape index (κ3) is 5.11. The summed E-state index contributed by atoms with van der Waals surface area (Å²) in [5, 5.41) is 22.9. The first kappa shape index (κ1) is 13.9. The van der Waals surface area contributed by atoms with Crippen LogP contribution >= 0.6 is 11.8 Å². The molecular weight excluding hydrogens is 246 g/mol. The van der Waals surface area contributed by atoms with Gasteiger partial charge in [0.25, 0.3) is 0 Å². The molecule has 0 aromatic carbocycles. The van der Waals surface area contributed by atoms with E-state index in [0.29, 0.717) is 24.9 Å². The summed E-state index contributed by atoms with van der Waals surface area (Å²) in [6.07, 6.45) is 0. The number of aliphatic hydroxyl groups excluding tert-OH is 1. The average molecular weight is 261 g/mol. The van der Waals surface area contributed by atoms with E-state index in [1.165, 1.54) is 16.4 Å². The number of hydrogen-bond acceptors (Lipinski definition) is 7. The lowest BCUT2D eigenvalue weighted by molar-refractivity contribution is -0.118. The smallest absolute Gasteiger partial charge is 0.230 e. The summed E-state index contributed by atoms with van der Waals surface area (Å²) < 4.78 is 6.26. The van der Waals surface area contributed by atoms with Gasteiger partial charge in [0.2, 0.25) is 11.1 Å². The molecule has 0 fully saturated rings. The molecule has 0 saturated carbocycles. The Morgan fingerprint density at radius 1 is 1.65 bits per heavy atom. The summed E-state index contributed by atoms with van der Waals surface area (Å²) in [6, 6.07) is 0. The molecule has 0 atom stereocenters. The van der Waals surface area contributed by atoms with E-state index in [1.54, 1.807) is 7.11 Å². The molecule has 1 aromatic rings. The molecule has 0 aliphatic carbocycles. The van der Waals surface area contributed by atoms with Crippen molar-refractivity contribution in [1.29, 1.82) is 0 Å². The zero-order valence-corrected chi connectivity index (χ0v) is 10.3. The number of carbonyl (C=O) groups is 1. The van der Waals surface area contributed by atoms with Gasteiger partial charge in [-0.2, -0.15) is 0 Å². The number of aliphatic hydroxyl groups is 1. The number of ether oxygens (including phenoxy) is 1. The van der Waals surface area contributed by atoms with Gasteiger partial charge in [0.1, 0.15) is 0 Å². The molecule has 0 unspecified atom stereocenters. The number of aromatic nitrogens is 4. The van der Waals surface area contributed by atoms with Crippen molar-refractivity contribution in [3.8, 4) is 0 Å². The standard InChI is InChI=1S/C8H15N5O3S/c1-16-5-2-9-7(15)6-17-8-10-11-12-13(8)3-4-14/h14H,2-6H2,1H3,(H,9,15). The highest BCUT2D eigenvalue weighted by Crippen LogP contribution is 2.12. The number of hydrogen-bond donors (Lipinski definition) is 2. The minimum atomic E-state index is -0.106. The van der Waals surface area contributed by atoms with Crippen LogP contribution in [0.1, 0.15) is 0 Å². The molecule has 1 amide bonds. The first-order valence-electron chi connectivity index (χ1n) is 5.03. The third-order valence-electron chi connectivity index (χ3n) is 1.77. The van der Waals surface area contributed by atoms with E-state index in [1.807, 2.05) is 0 Å². The van der Waals surface area contributed by atoms with Crippen molar-refractivity contribution in [3.05, 3.63) is 0 Å². The summed E-state index contributed by atoms with van der Waals surface area (Å²) in [5.74, 6) is 0.126. The lowest BCUT2D eigenvalue weighted by atomic mass is 10.6. The van der Waals surface area contributed by atoms with Crippen LogP contribution in [0.15, 0.2) is 5.16 Å². The van der Waals surface area contributed by atoms with Crippen molar-refractivity contribution >= 4 is 17.7 Å². The molecule has 9 heteroatoms. The number of amides is 1. The minimum Gasteiger partial charge on any atom is -0.394 e. The lowest BCUT2D eigenvalue weighted by Crippen LogP contribution is -2.28. The molecule has 96 valence electrons. The summed E-state index contributed by atoms with van der Waals surface area (Å²) in [5.41, 5.74) is 0. The largest absolute Gasteiger partial charge is 0.394 e. The maximum absolute atomic E-state index is 11.4. The van der Waals surface area contributed by atoms with E-state index in [4.69, 9.17) is 9.84 Å². The maximum atomic E-state index is 11.4. The van der Waals surface area contributed by atoms with Crippen molar-refractivity contribution < 1.29 is 14.6 Å². The molecule has 0 aliphatic heterocycles. The maximum Gasteiger partial charge on any atom is 0.230 e. The summed E-state index contributed by atoms with van der Waals surface area (Å²) in [4.78, 5) is 11.4. The van der Waals surface area contributed by atoms with Gasteiger partial charge < -0.3 is 15.2 Å². The highest BCUT2D eigenvalue weighted by Gasteiger charge is 2.08. The zero-order valence-electron chi connectivity index (χ0n) is 9.50. The van der Waals surface area contributed by atoms with E-state index >= 15 is 0 Å². The molecule has 0 saturated heterocycles. The number of nitrogens with zero attached hydrogens (tertiary/aromatic N) is 4. The Morgan fingerprint density at radius 2 is 2.47 bits per heavy atom. The van der Waals surface area contributed by atoms with Gasteiger partial charge in [-0.1, -0.05) is 11.8 Å². The van der Waals surface area contributed by atoms with Gasteiger partial charge in [-0.3, -0.25) is 4.79 Å². The summed E-state index contributed by atoms with van der Waals surface area (Å²) >= 11 is 1.22. The minimum absolute atomic E-state index is 0.0430. The topological polar surface area (TPSA) is 102 Å². The normalized spacial score (nSPS) is 10.5. The first-order valence-corrected chi connectivity index (χ1v) is 6.02. The van der Waals surface area contributed by atoms with Crippen molar-refractivity contribution in [1.82, 2.24) is 25.5 Å². The molecule has 8 nitrogen and oxygen atoms in total. The molecule has 0 radical (unpaired) electrons. The molecule has 1 aromatic heterocycles. The summed E-state index contributed by atoms with van der Waals surface area (Å²) in [6.45, 7) is 1.25. The van der Waals surface area contributed by atoms with Crippen LogP contribution in [0.25, 0.3) is 0 Å². The summed E-state index contributed by atoms with van der Waals surface area (Å²) in [7, 11) is 1.57. The molecule has 2 N–H and O–H groups in total. The van der Waals surface area contributed by atoms with E-state index in [0.717, 1.165) is 0 Å².